The van der Waals surface area contributed by atoms with Gasteiger partial charge in [-0.05, 0) is 49.9 Å². The van der Waals surface area contributed by atoms with Crippen molar-refractivity contribution in [1.29, 1.82) is 0 Å². The molecule has 1 fully saturated rings. The number of rotatable bonds is 5. The van der Waals surface area contributed by atoms with E-state index in [4.69, 9.17) is 0 Å². The molecule has 1 aromatic carbocycles. The molecule has 0 saturated carbocycles. The topological polar surface area (TPSA) is 15.3 Å². The summed E-state index contributed by atoms with van der Waals surface area (Å²) in [6, 6.07) is 7.33. The lowest BCUT2D eigenvalue weighted by molar-refractivity contribution is 0.551. The molecular formula is C16H25BrN2. The van der Waals surface area contributed by atoms with Crippen LogP contribution in [-0.2, 0) is 6.54 Å². The molecule has 19 heavy (non-hydrogen) atoms. The fourth-order valence-electron chi connectivity index (χ4n) is 2.74. The van der Waals surface area contributed by atoms with Crippen LogP contribution in [-0.4, -0.2) is 19.1 Å². The molecule has 2 rings (SSSR count). The smallest absolute Gasteiger partial charge is 0.0425 e. The zero-order valence-electron chi connectivity index (χ0n) is 12.2. The first-order chi connectivity index (χ1) is 9.08. The van der Waals surface area contributed by atoms with Gasteiger partial charge in [0.1, 0.15) is 0 Å². The molecule has 0 spiro atoms. The molecule has 2 nitrogen and oxygen atoms in total. The fraction of sp³-hybridized carbons (Fsp3) is 0.625. The molecule has 0 aromatic heterocycles. The molecule has 1 saturated heterocycles. The molecule has 1 unspecified atom stereocenters. The van der Waals surface area contributed by atoms with E-state index < -0.39 is 0 Å². The average molecular weight is 325 g/mol. The Hall–Kier alpha value is -0.540. The summed E-state index contributed by atoms with van der Waals surface area (Å²) in [5, 5.41) is 3.56. The molecule has 106 valence electrons. The van der Waals surface area contributed by atoms with E-state index in [0.717, 1.165) is 13.1 Å². The average Bonchev–Trinajstić information content (AvgIpc) is 2.77. The van der Waals surface area contributed by atoms with E-state index in [1.54, 1.807) is 0 Å². The van der Waals surface area contributed by atoms with Crippen molar-refractivity contribution in [3.8, 4) is 0 Å². The number of anilines is 1. The van der Waals surface area contributed by atoms with E-state index in [9.17, 15) is 0 Å². The van der Waals surface area contributed by atoms with Crippen molar-refractivity contribution >= 4 is 21.6 Å². The van der Waals surface area contributed by atoms with Gasteiger partial charge in [-0.1, -0.05) is 35.8 Å². The summed E-state index contributed by atoms with van der Waals surface area (Å²) >= 11 is 3.61. The van der Waals surface area contributed by atoms with Crippen LogP contribution in [0.5, 0.6) is 0 Å². The zero-order valence-corrected chi connectivity index (χ0v) is 13.8. The minimum Gasteiger partial charge on any atom is -0.369 e. The van der Waals surface area contributed by atoms with Gasteiger partial charge in [0.2, 0.25) is 0 Å². The summed E-state index contributed by atoms with van der Waals surface area (Å²) in [6.45, 7) is 10.1. The van der Waals surface area contributed by atoms with Gasteiger partial charge < -0.3 is 10.2 Å². The number of benzene rings is 1. The van der Waals surface area contributed by atoms with Crippen molar-refractivity contribution in [1.82, 2.24) is 5.32 Å². The van der Waals surface area contributed by atoms with Crippen LogP contribution in [0.2, 0.25) is 0 Å². The Bertz CT molecular complexity index is 417. The lowest BCUT2D eigenvalue weighted by Gasteiger charge is -2.27. The molecular weight excluding hydrogens is 300 g/mol. The highest BCUT2D eigenvalue weighted by Gasteiger charge is 2.22. The van der Waals surface area contributed by atoms with Crippen LogP contribution in [0.25, 0.3) is 0 Å². The van der Waals surface area contributed by atoms with Crippen LogP contribution < -0.4 is 10.2 Å². The molecule has 0 bridgehead atoms. The van der Waals surface area contributed by atoms with Gasteiger partial charge in [0.05, 0.1) is 0 Å². The second-order valence-corrected chi connectivity index (χ2v) is 6.90. The second-order valence-electron chi connectivity index (χ2n) is 5.98. The molecule has 1 aliphatic heterocycles. The van der Waals surface area contributed by atoms with Gasteiger partial charge in [-0.2, -0.15) is 0 Å². The Morgan fingerprint density at radius 1 is 1.42 bits per heavy atom. The molecule has 3 heteroatoms. The minimum atomic E-state index is 0.665. The Balaban J connectivity index is 2.13. The third-order valence-electron chi connectivity index (χ3n) is 3.78. The number of halogens is 1. The zero-order chi connectivity index (χ0) is 13.8. The van der Waals surface area contributed by atoms with Crippen molar-refractivity contribution in [2.24, 2.45) is 5.92 Å². The molecule has 0 amide bonds. The molecule has 0 radical (unpaired) electrons. The maximum atomic E-state index is 3.61. The van der Waals surface area contributed by atoms with Crippen LogP contribution in [0.3, 0.4) is 0 Å². The van der Waals surface area contributed by atoms with Crippen LogP contribution in [0.4, 0.5) is 5.69 Å². The second kappa shape index (κ2) is 6.76. The normalized spacial score (nSPS) is 19.4. The summed E-state index contributed by atoms with van der Waals surface area (Å²) < 4.78 is 1.18. The van der Waals surface area contributed by atoms with Gasteiger partial charge >= 0.3 is 0 Å². The van der Waals surface area contributed by atoms with Gasteiger partial charge in [0.25, 0.3) is 0 Å². The Morgan fingerprint density at radius 3 is 2.84 bits per heavy atom. The summed E-state index contributed by atoms with van der Waals surface area (Å²) in [4.78, 5) is 2.55. The Morgan fingerprint density at radius 2 is 2.21 bits per heavy atom. The molecule has 1 aromatic rings. The predicted octanol–water partition coefficient (Wildman–Crippen LogP) is 4.18. The highest BCUT2D eigenvalue weighted by Crippen LogP contribution is 2.31. The van der Waals surface area contributed by atoms with E-state index in [2.05, 4.69) is 65.1 Å². The lowest BCUT2D eigenvalue weighted by Crippen LogP contribution is -2.28. The van der Waals surface area contributed by atoms with Crippen molar-refractivity contribution in [2.45, 2.75) is 46.2 Å². The summed E-state index contributed by atoms with van der Waals surface area (Å²) in [6.07, 6.45) is 2.62. The van der Waals surface area contributed by atoms with Crippen molar-refractivity contribution in [2.75, 3.05) is 18.0 Å². The van der Waals surface area contributed by atoms with Gasteiger partial charge in [0, 0.05) is 29.3 Å². The Kier molecular flexibility index (Phi) is 5.28. The number of hydrogen-bond donors (Lipinski definition) is 1. The van der Waals surface area contributed by atoms with Crippen molar-refractivity contribution in [3.05, 3.63) is 28.2 Å². The highest BCUT2D eigenvalue weighted by atomic mass is 79.9. The molecule has 1 atom stereocenters. The van der Waals surface area contributed by atoms with Crippen molar-refractivity contribution < 1.29 is 0 Å². The van der Waals surface area contributed by atoms with E-state index in [-0.39, 0.29) is 0 Å². The summed E-state index contributed by atoms with van der Waals surface area (Å²) in [7, 11) is 0. The molecule has 1 aliphatic rings. The standard InChI is InChI=1S/C16H25BrN2/c1-12(2)10-18-11-14-6-7-15(17)9-16(14)19-8-4-5-13(19)3/h6-7,9,12-13,18H,4-5,8,10-11H2,1-3H3. The highest BCUT2D eigenvalue weighted by molar-refractivity contribution is 9.10. The first-order valence-corrected chi connectivity index (χ1v) is 8.13. The lowest BCUT2D eigenvalue weighted by atomic mass is 10.1. The van der Waals surface area contributed by atoms with E-state index in [0.29, 0.717) is 12.0 Å². The van der Waals surface area contributed by atoms with Gasteiger partial charge in [-0.15, -0.1) is 0 Å². The maximum absolute atomic E-state index is 3.61. The van der Waals surface area contributed by atoms with E-state index in [1.807, 2.05) is 0 Å². The van der Waals surface area contributed by atoms with E-state index in [1.165, 1.54) is 35.1 Å². The van der Waals surface area contributed by atoms with Crippen LogP contribution in [0.1, 0.15) is 39.2 Å². The summed E-state index contributed by atoms with van der Waals surface area (Å²) in [5.41, 5.74) is 2.81. The maximum Gasteiger partial charge on any atom is 0.0425 e. The largest absolute Gasteiger partial charge is 0.369 e. The first-order valence-electron chi connectivity index (χ1n) is 7.33. The molecule has 1 heterocycles. The number of nitrogens with one attached hydrogen (secondary N) is 1. The minimum absolute atomic E-state index is 0.665. The van der Waals surface area contributed by atoms with Crippen LogP contribution in [0, 0.1) is 5.92 Å². The van der Waals surface area contributed by atoms with Crippen LogP contribution >= 0.6 is 15.9 Å². The predicted molar refractivity (Wildman–Crippen MR) is 86.7 cm³/mol. The molecule has 0 aliphatic carbocycles. The van der Waals surface area contributed by atoms with Gasteiger partial charge in [-0.3, -0.25) is 0 Å². The SMILES string of the molecule is CC(C)CNCc1ccc(Br)cc1N1CCCC1C. The quantitative estimate of drug-likeness (QED) is 0.873. The van der Waals surface area contributed by atoms with Crippen molar-refractivity contribution in [3.63, 3.8) is 0 Å². The van der Waals surface area contributed by atoms with Gasteiger partial charge in [0.15, 0.2) is 0 Å². The third kappa shape index (κ3) is 3.96. The number of nitrogens with zero attached hydrogens (tertiary/aromatic N) is 1. The van der Waals surface area contributed by atoms with Gasteiger partial charge in [-0.25, -0.2) is 0 Å². The monoisotopic (exact) mass is 324 g/mol. The first kappa shape index (κ1) is 14.9. The summed E-state index contributed by atoms with van der Waals surface area (Å²) in [5.74, 6) is 0.699. The number of hydrogen-bond acceptors (Lipinski definition) is 2. The fourth-order valence-corrected chi connectivity index (χ4v) is 3.09. The molecule has 1 N–H and O–H groups in total. The van der Waals surface area contributed by atoms with E-state index >= 15 is 0 Å². The Labute approximate surface area is 125 Å². The van der Waals surface area contributed by atoms with Crippen LogP contribution in [0.15, 0.2) is 22.7 Å². The third-order valence-corrected chi connectivity index (χ3v) is 4.27.